The first kappa shape index (κ1) is 21.1. The van der Waals surface area contributed by atoms with Crippen LogP contribution in [0.3, 0.4) is 0 Å². The average molecular weight is 491 g/mol. The van der Waals surface area contributed by atoms with E-state index in [1.807, 2.05) is 0 Å². The monoisotopic (exact) mass is 490 g/mol. The SMILES string of the molecule is COc1ccc(NS(=O)(=O)c2cccc(Br)c2)cc1S(=O)(=O)N1CCOCC1. The van der Waals surface area contributed by atoms with Crippen LogP contribution in [-0.2, 0) is 24.8 Å². The zero-order valence-electron chi connectivity index (χ0n) is 15.0. The predicted octanol–water partition coefficient (Wildman–Crippen LogP) is 2.28. The number of sulfonamides is 2. The fraction of sp³-hybridized carbons (Fsp3) is 0.294. The maximum Gasteiger partial charge on any atom is 0.261 e. The van der Waals surface area contributed by atoms with Crippen LogP contribution in [0.1, 0.15) is 0 Å². The molecule has 0 amide bonds. The maximum atomic E-state index is 13.0. The van der Waals surface area contributed by atoms with Gasteiger partial charge in [0.1, 0.15) is 10.6 Å². The third kappa shape index (κ3) is 4.49. The van der Waals surface area contributed by atoms with Crippen LogP contribution in [0.2, 0.25) is 0 Å². The highest BCUT2D eigenvalue weighted by Gasteiger charge is 2.30. The molecule has 0 aliphatic carbocycles. The van der Waals surface area contributed by atoms with Gasteiger partial charge >= 0.3 is 0 Å². The predicted molar refractivity (Wildman–Crippen MR) is 108 cm³/mol. The maximum absolute atomic E-state index is 13.0. The Balaban J connectivity index is 1.97. The van der Waals surface area contributed by atoms with Crippen LogP contribution in [0.15, 0.2) is 56.7 Å². The van der Waals surface area contributed by atoms with Crippen molar-refractivity contribution in [3.05, 3.63) is 46.9 Å². The third-order valence-corrected chi connectivity index (χ3v) is 7.90. The zero-order chi connectivity index (χ0) is 20.4. The fourth-order valence-electron chi connectivity index (χ4n) is 2.72. The number of hydrogen-bond donors (Lipinski definition) is 1. The molecule has 0 radical (unpaired) electrons. The molecule has 1 aliphatic rings. The molecule has 0 bridgehead atoms. The smallest absolute Gasteiger partial charge is 0.261 e. The molecule has 0 saturated carbocycles. The highest BCUT2D eigenvalue weighted by atomic mass is 79.9. The molecule has 3 rings (SSSR count). The number of morpholine rings is 1. The Kier molecular flexibility index (Phi) is 6.30. The van der Waals surface area contributed by atoms with Crippen LogP contribution in [0.4, 0.5) is 5.69 Å². The minimum atomic E-state index is -3.89. The lowest BCUT2D eigenvalue weighted by atomic mass is 10.3. The van der Waals surface area contributed by atoms with Crippen LogP contribution < -0.4 is 9.46 Å². The largest absolute Gasteiger partial charge is 0.495 e. The topological polar surface area (TPSA) is 102 Å². The van der Waals surface area contributed by atoms with E-state index in [-0.39, 0.29) is 34.3 Å². The molecule has 8 nitrogen and oxygen atoms in total. The van der Waals surface area contributed by atoms with Crippen molar-refractivity contribution in [2.75, 3.05) is 38.1 Å². The normalized spacial score (nSPS) is 15.9. The van der Waals surface area contributed by atoms with Crippen molar-refractivity contribution in [3.63, 3.8) is 0 Å². The first-order valence-electron chi connectivity index (χ1n) is 8.28. The van der Waals surface area contributed by atoms with Gasteiger partial charge in [-0.15, -0.1) is 0 Å². The number of hydrogen-bond acceptors (Lipinski definition) is 6. The number of nitrogens with zero attached hydrogens (tertiary/aromatic N) is 1. The van der Waals surface area contributed by atoms with Gasteiger partial charge in [0.25, 0.3) is 10.0 Å². The van der Waals surface area contributed by atoms with E-state index in [1.54, 1.807) is 12.1 Å². The third-order valence-electron chi connectivity index (χ3n) is 4.11. The molecule has 0 aromatic heterocycles. The lowest BCUT2D eigenvalue weighted by molar-refractivity contribution is 0.0729. The fourth-order valence-corrected chi connectivity index (χ4v) is 5.95. The van der Waals surface area contributed by atoms with E-state index in [2.05, 4.69) is 20.7 Å². The van der Waals surface area contributed by atoms with Gasteiger partial charge in [-0.3, -0.25) is 4.72 Å². The molecular weight excluding hydrogens is 472 g/mol. The van der Waals surface area contributed by atoms with Gasteiger partial charge in [-0.25, -0.2) is 16.8 Å². The van der Waals surface area contributed by atoms with E-state index in [0.717, 1.165) is 0 Å². The number of anilines is 1. The summed E-state index contributed by atoms with van der Waals surface area (Å²) >= 11 is 3.24. The minimum Gasteiger partial charge on any atom is -0.495 e. The van der Waals surface area contributed by atoms with Crippen LogP contribution >= 0.6 is 15.9 Å². The highest BCUT2D eigenvalue weighted by Crippen LogP contribution is 2.31. The standard InChI is InChI=1S/C17H19BrN2O6S2/c1-25-16-6-5-14(19-27(21,22)15-4-2-3-13(18)11-15)12-17(16)28(23,24)20-7-9-26-10-8-20/h2-6,11-12,19H,7-10H2,1H3. The summed E-state index contributed by atoms with van der Waals surface area (Å²) in [5, 5.41) is 0. The van der Waals surface area contributed by atoms with Gasteiger partial charge in [0, 0.05) is 17.6 Å². The van der Waals surface area contributed by atoms with E-state index in [0.29, 0.717) is 17.7 Å². The quantitative estimate of drug-likeness (QED) is 0.666. The molecule has 0 spiro atoms. The Labute approximate surface area is 172 Å². The summed E-state index contributed by atoms with van der Waals surface area (Å²) < 4.78 is 66.0. The number of rotatable bonds is 6. The molecule has 1 saturated heterocycles. The summed E-state index contributed by atoms with van der Waals surface area (Å²) in [6, 6.07) is 10.3. The average Bonchev–Trinajstić information content (AvgIpc) is 2.68. The van der Waals surface area contributed by atoms with E-state index >= 15 is 0 Å². The lowest BCUT2D eigenvalue weighted by Crippen LogP contribution is -2.40. The second-order valence-corrected chi connectivity index (χ2v) is 10.4. The second kappa shape index (κ2) is 8.37. The molecule has 28 heavy (non-hydrogen) atoms. The number of nitrogens with one attached hydrogen (secondary N) is 1. The van der Waals surface area contributed by atoms with Gasteiger partial charge in [-0.2, -0.15) is 4.31 Å². The molecule has 0 atom stereocenters. The Bertz CT molecular complexity index is 1070. The number of ether oxygens (including phenoxy) is 2. The van der Waals surface area contributed by atoms with Crippen molar-refractivity contribution in [2.45, 2.75) is 9.79 Å². The Hall–Kier alpha value is -1.66. The van der Waals surface area contributed by atoms with E-state index < -0.39 is 20.0 Å². The molecule has 0 unspecified atom stereocenters. The highest BCUT2D eigenvalue weighted by molar-refractivity contribution is 9.10. The van der Waals surface area contributed by atoms with Crippen LogP contribution in [-0.4, -0.2) is 54.6 Å². The van der Waals surface area contributed by atoms with E-state index in [4.69, 9.17) is 9.47 Å². The zero-order valence-corrected chi connectivity index (χ0v) is 18.2. The molecule has 1 fully saturated rings. The summed E-state index contributed by atoms with van der Waals surface area (Å²) in [6.07, 6.45) is 0. The summed E-state index contributed by atoms with van der Waals surface area (Å²) in [7, 11) is -6.40. The summed E-state index contributed by atoms with van der Waals surface area (Å²) in [6.45, 7) is 1.05. The molecule has 1 N–H and O–H groups in total. The molecule has 1 aliphatic heterocycles. The first-order valence-corrected chi connectivity index (χ1v) is 12.0. The van der Waals surface area contributed by atoms with Crippen molar-refractivity contribution in [1.29, 1.82) is 0 Å². The summed E-state index contributed by atoms with van der Waals surface area (Å²) in [5.41, 5.74) is 0.118. The van der Waals surface area contributed by atoms with Crippen molar-refractivity contribution < 1.29 is 26.3 Å². The molecule has 152 valence electrons. The van der Waals surface area contributed by atoms with Crippen LogP contribution in [0.25, 0.3) is 0 Å². The Morgan fingerprint density at radius 3 is 2.43 bits per heavy atom. The van der Waals surface area contributed by atoms with Crippen LogP contribution in [0, 0.1) is 0 Å². The molecule has 2 aromatic rings. The summed E-state index contributed by atoms with van der Waals surface area (Å²) in [4.78, 5) is -0.0541. The van der Waals surface area contributed by atoms with Crippen molar-refractivity contribution in [3.8, 4) is 5.75 Å². The summed E-state index contributed by atoms with van der Waals surface area (Å²) in [5.74, 6) is 0.136. The first-order chi connectivity index (χ1) is 13.2. The number of halogens is 1. The van der Waals surface area contributed by atoms with Crippen molar-refractivity contribution in [1.82, 2.24) is 4.31 Å². The van der Waals surface area contributed by atoms with Gasteiger partial charge in [-0.05, 0) is 36.4 Å². The number of benzene rings is 2. The van der Waals surface area contributed by atoms with Gasteiger partial charge in [0.2, 0.25) is 10.0 Å². The Morgan fingerprint density at radius 1 is 1.07 bits per heavy atom. The van der Waals surface area contributed by atoms with E-state index in [1.165, 1.54) is 41.7 Å². The van der Waals surface area contributed by atoms with Crippen molar-refractivity contribution in [2.24, 2.45) is 0 Å². The van der Waals surface area contributed by atoms with Crippen LogP contribution in [0.5, 0.6) is 5.75 Å². The molecule has 11 heteroatoms. The molecule has 1 heterocycles. The van der Waals surface area contributed by atoms with Gasteiger partial charge in [-0.1, -0.05) is 22.0 Å². The van der Waals surface area contributed by atoms with Gasteiger partial charge in [0.15, 0.2) is 0 Å². The van der Waals surface area contributed by atoms with Gasteiger partial charge in [0.05, 0.1) is 30.9 Å². The Morgan fingerprint density at radius 2 is 1.79 bits per heavy atom. The lowest BCUT2D eigenvalue weighted by Gasteiger charge is -2.26. The molecular formula is C17H19BrN2O6S2. The van der Waals surface area contributed by atoms with Gasteiger partial charge < -0.3 is 9.47 Å². The van der Waals surface area contributed by atoms with Crippen molar-refractivity contribution >= 4 is 41.7 Å². The molecule has 2 aromatic carbocycles. The number of methoxy groups -OCH3 is 1. The minimum absolute atomic E-state index is 0.0512. The van der Waals surface area contributed by atoms with E-state index in [9.17, 15) is 16.8 Å². The second-order valence-electron chi connectivity index (χ2n) is 5.94.